The zero-order valence-electron chi connectivity index (χ0n) is 15.9. The lowest BCUT2D eigenvalue weighted by Crippen LogP contribution is -2.60. The minimum absolute atomic E-state index is 0.606. The topological polar surface area (TPSA) is 24.1 Å². The Bertz CT molecular complexity index is 496. The van der Waals surface area contributed by atoms with Crippen LogP contribution in [0, 0.1) is 23.2 Å². The predicted octanol–water partition coefficient (Wildman–Crippen LogP) is 4.26. The molecular weight excluding hydrogens is 292 g/mol. The average Bonchev–Trinajstić information content (AvgIpc) is 2.58. The zero-order chi connectivity index (χ0) is 17.0. The first-order valence-corrected chi connectivity index (χ1v) is 10.1. The lowest BCUT2D eigenvalue weighted by atomic mass is 9.45. The van der Waals surface area contributed by atoms with Gasteiger partial charge in [0, 0.05) is 19.1 Å². The lowest BCUT2D eigenvalue weighted by molar-refractivity contribution is -0.114. The Morgan fingerprint density at radius 2 is 1.79 bits per heavy atom. The van der Waals surface area contributed by atoms with Crippen molar-refractivity contribution >= 4 is 0 Å². The van der Waals surface area contributed by atoms with Crippen molar-refractivity contribution in [1.29, 1.82) is 0 Å². The van der Waals surface area contributed by atoms with Crippen LogP contribution in [0.25, 0.3) is 0 Å². The van der Waals surface area contributed by atoms with Gasteiger partial charge >= 0.3 is 0 Å². The molecule has 24 heavy (non-hydrogen) atoms. The highest BCUT2D eigenvalue weighted by Gasteiger charge is 2.55. The number of benzene rings is 1. The van der Waals surface area contributed by atoms with E-state index in [9.17, 15) is 0 Å². The number of fused-ring (bicyclic) bond motifs is 2. The van der Waals surface area contributed by atoms with Crippen LogP contribution in [-0.2, 0) is 6.42 Å². The van der Waals surface area contributed by atoms with Crippen LogP contribution in [0.15, 0.2) is 30.3 Å². The molecule has 0 aromatic heterocycles. The minimum Gasteiger partial charge on any atom is -0.315 e. The smallest absolute Gasteiger partial charge is 0.00989 e. The maximum Gasteiger partial charge on any atom is 0.00989 e. The molecule has 2 N–H and O–H groups in total. The second-order valence-electron chi connectivity index (χ2n) is 8.71. The standard InChI is InChI=1S/C22H36N2/c1-17-20-15-19(22(20,2)3)16-21(17)24-14-13-23-12-8-7-11-18-9-5-4-6-10-18/h4-6,9-10,17,19-21,23-24H,7-8,11-16H2,1-3H3/t17-,19+,20-,21-/m0/s1. The molecule has 3 saturated carbocycles. The van der Waals surface area contributed by atoms with Crippen molar-refractivity contribution in [3.8, 4) is 0 Å². The molecule has 3 fully saturated rings. The number of hydrogen-bond donors (Lipinski definition) is 2. The van der Waals surface area contributed by atoms with Gasteiger partial charge in [0.25, 0.3) is 0 Å². The molecule has 0 unspecified atom stereocenters. The Morgan fingerprint density at radius 1 is 1.00 bits per heavy atom. The molecule has 134 valence electrons. The Hall–Kier alpha value is -0.860. The third-order valence-electron chi connectivity index (χ3n) is 6.97. The fourth-order valence-corrected chi connectivity index (χ4v) is 5.11. The molecule has 1 aromatic rings. The highest BCUT2D eigenvalue weighted by atomic mass is 15.0. The maximum atomic E-state index is 3.82. The number of unbranched alkanes of at least 4 members (excludes halogenated alkanes) is 1. The highest BCUT2D eigenvalue weighted by molar-refractivity contribution is 5.14. The molecule has 4 rings (SSSR count). The summed E-state index contributed by atoms with van der Waals surface area (Å²) in [6.45, 7) is 10.8. The molecule has 0 heterocycles. The number of nitrogens with one attached hydrogen (secondary N) is 2. The van der Waals surface area contributed by atoms with Gasteiger partial charge in [0.1, 0.15) is 0 Å². The predicted molar refractivity (Wildman–Crippen MR) is 103 cm³/mol. The van der Waals surface area contributed by atoms with Crippen LogP contribution in [0.4, 0.5) is 0 Å². The van der Waals surface area contributed by atoms with Gasteiger partial charge in [0.2, 0.25) is 0 Å². The van der Waals surface area contributed by atoms with Crippen LogP contribution >= 0.6 is 0 Å². The van der Waals surface area contributed by atoms with Crippen LogP contribution in [0.2, 0.25) is 0 Å². The summed E-state index contributed by atoms with van der Waals surface area (Å²) in [6.07, 6.45) is 6.63. The first kappa shape index (κ1) is 17.9. The zero-order valence-corrected chi connectivity index (χ0v) is 15.9. The summed E-state index contributed by atoms with van der Waals surface area (Å²) in [4.78, 5) is 0. The summed E-state index contributed by atoms with van der Waals surface area (Å²) < 4.78 is 0. The molecule has 2 heteroatoms. The van der Waals surface area contributed by atoms with E-state index >= 15 is 0 Å². The van der Waals surface area contributed by atoms with Crippen molar-refractivity contribution in [3.63, 3.8) is 0 Å². The van der Waals surface area contributed by atoms with Crippen molar-refractivity contribution in [3.05, 3.63) is 35.9 Å². The van der Waals surface area contributed by atoms with E-state index in [1.54, 1.807) is 0 Å². The number of rotatable bonds is 9. The van der Waals surface area contributed by atoms with Gasteiger partial charge in [-0.05, 0) is 67.4 Å². The molecule has 1 aromatic carbocycles. The normalized spacial score (nSPS) is 30.8. The van der Waals surface area contributed by atoms with E-state index in [0.717, 1.165) is 43.4 Å². The van der Waals surface area contributed by atoms with Crippen molar-refractivity contribution in [2.45, 2.75) is 58.9 Å². The molecule has 4 atom stereocenters. The molecule has 3 aliphatic carbocycles. The van der Waals surface area contributed by atoms with Crippen LogP contribution in [0.1, 0.15) is 52.0 Å². The van der Waals surface area contributed by atoms with Gasteiger partial charge < -0.3 is 10.6 Å². The molecule has 2 nitrogen and oxygen atoms in total. The molecule has 0 amide bonds. The van der Waals surface area contributed by atoms with E-state index in [1.165, 1.54) is 37.7 Å². The van der Waals surface area contributed by atoms with Gasteiger partial charge in [-0.1, -0.05) is 51.1 Å². The molecular formula is C22H36N2. The van der Waals surface area contributed by atoms with E-state index in [0.29, 0.717) is 5.41 Å². The molecule has 0 aliphatic heterocycles. The SMILES string of the molecule is C[C@@H]1[C@@H](NCCNCCCCc2ccccc2)C[C@H]2C[C@@H]1C2(C)C. The van der Waals surface area contributed by atoms with Gasteiger partial charge in [-0.2, -0.15) is 0 Å². The van der Waals surface area contributed by atoms with Gasteiger partial charge in [0.05, 0.1) is 0 Å². The Morgan fingerprint density at radius 3 is 2.50 bits per heavy atom. The Labute approximate surface area is 148 Å². The maximum absolute atomic E-state index is 3.82. The van der Waals surface area contributed by atoms with Gasteiger partial charge in [-0.15, -0.1) is 0 Å². The van der Waals surface area contributed by atoms with Crippen LogP contribution < -0.4 is 10.6 Å². The second-order valence-corrected chi connectivity index (χ2v) is 8.71. The van der Waals surface area contributed by atoms with Crippen molar-refractivity contribution in [2.75, 3.05) is 19.6 Å². The van der Waals surface area contributed by atoms with Crippen LogP contribution in [-0.4, -0.2) is 25.7 Å². The van der Waals surface area contributed by atoms with Gasteiger partial charge in [0.15, 0.2) is 0 Å². The summed E-state index contributed by atoms with van der Waals surface area (Å²) in [6, 6.07) is 11.6. The van der Waals surface area contributed by atoms with Crippen LogP contribution in [0.3, 0.4) is 0 Å². The minimum atomic E-state index is 0.606. The first-order chi connectivity index (χ1) is 11.6. The Kier molecular flexibility index (Phi) is 5.99. The summed E-state index contributed by atoms with van der Waals surface area (Å²) in [7, 11) is 0. The van der Waals surface area contributed by atoms with E-state index in [2.05, 4.69) is 61.7 Å². The van der Waals surface area contributed by atoms with Crippen molar-refractivity contribution < 1.29 is 0 Å². The Balaban J connectivity index is 1.21. The summed E-state index contributed by atoms with van der Waals surface area (Å²) >= 11 is 0. The molecule has 2 bridgehead atoms. The molecule has 0 saturated heterocycles. The second kappa shape index (κ2) is 8.01. The number of aryl methyl sites for hydroxylation is 1. The van der Waals surface area contributed by atoms with E-state index in [-0.39, 0.29) is 0 Å². The largest absolute Gasteiger partial charge is 0.315 e. The lowest BCUT2D eigenvalue weighted by Gasteiger charge is -2.62. The fourth-order valence-electron chi connectivity index (χ4n) is 5.11. The van der Waals surface area contributed by atoms with Crippen molar-refractivity contribution in [1.82, 2.24) is 10.6 Å². The van der Waals surface area contributed by atoms with E-state index in [1.807, 2.05) is 0 Å². The molecule has 0 radical (unpaired) electrons. The quantitative estimate of drug-likeness (QED) is 0.662. The summed E-state index contributed by atoms with van der Waals surface area (Å²) in [5.41, 5.74) is 2.07. The summed E-state index contributed by atoms with van der Waals surface area (Å²) in [5.74, 6) is 2.75. The monoisotopic (exact) mass is 328 g/mol. The number of hydrogen-bond acceptors (Lipinski definition) is 2. The third kappa shape index (κ3) is 4.03. The van der Waals surface area contributed by atoms with Crippen molar-refractivity contribution in [2.24, 2.45) is 23.2 Å². The fraction of sp³-hybridized carbons (Fsp3) is 0.727. The third-order valence-corrected chi connectivity index (χ3v) is 6.97. The molecule has 0 spiro atoms. The van der Waals surface area contributed by atoms with Gasteiger partial charge in [-0.25, -0.2) is 0 Å². The summed E-state index contributed by atoms with van der Waals surface area (Å²) in [5, 5.41) is 7.43. The van der Waals surface area contributed by atoms with Gasteiger partial charge in [-0.3, -0.25) is 0 Å². The highest BCUT2D eigenvalue weighted by Crippen LogP contribution is 2.61. The average molecular weight is 329 g/mol. The van der Waals surface area contributed by atoms with E-state index in [4.69, 9.17) is 0 Å². The molecule has 3 aliphatic rings. The van der Waals surface area contributed by atoms with Crippen LogP contribution in [0.5, 0.6) is 0 Å². The van der Waals surface area contributed by atoms with E-state index < -0.39 is 0 Å². The first-order valence-electron chi connectivity index (χ1n) is 10.1.